The number of hydrogen-bond acceptors (Lipinski definition) is 5. The van der Waals surface area contributed by atoms with Crippen molar-refractivity contribution in [3.63, 3.8) is 0 Å². The molecule has 3 aromatic rings. The normalized spacial score (nSPS) is 10.5. The van der Waals surface area contributed by atoms with Crippen molar-refractivity contribution in [1.82, 2.24) is 9.97 Å². The fourth-order valence-electron chi connectivity index (χ4n) is 1.88. The molecule has 6 heteroatoms. The van der Waals surface area contributed by atoms with Gasteiger partial charge in [-0.25, -0.2) is 9.97 Å². The van der Waals surface area contributed by atoms with Gasteiger partial charge in [-0.05, 0) is 41.4 Å². The van der Waals surface area contributed by atoms with Crippen molar-refractivity contribution in [1.29, 1.82) is 0 Å². The third kappa shape index (κ3) is 3.46. The fraction of sp³-hybridized carbons (Fsp3) is 0.0667. The first-order chi connectivity index (χ1) is 10.2. The molecule has 0 aliphatic rings. The molecule has 3 rings (SSSR count). The van der Waals surface area contributed by atoms with E-state index in [0.29, 0.717) is 5.95 Å². The molecular weight excluding hydrogens is 297 g/mol. The van der Waals surface area contributed by atoms with E-state index >= 15 is 0 Å². The number of thioether (sulfide) groups is 1. The third-order valence-electron chi connectivity index (χ3n) is 2.86. The largest absolute Gasteiger partial charge is 0.324 e. The number of benzene rings is 1. The van der Waals surface area contributed by atoms with Gasteiger partial charge in [0.15, 0.2) is 0 Å². The summed E-state index contributed by atoms with van der Waals surface area (Å²) in [4.78, 5) is 11.0. The first-order valence-corrected chi connectivity index (χ1v) is 8.38. The summed E-state index contributed by atoms with van der Waals surface area (Å²) in [6.45, 7) is 0. The Hall–Kier alpha value is -1.79. The number of anilines is 2. The second kappa shape index (κ2) is 6.32. The van der Waals surface area contributed by atoms with Gasteiger partial charge in [-0.15, -0.1) is 11.8 Å². The minimum absolute atomic E-state index is 0.581. The molecule has 0 saturated heterocycles. The zero-order chi connectivity index (χ0) is 14.7. The van der Waals surface area contributed by atoms with Crippen molar-refractivity contribution < 1.29 is 0 Å². The highest BCUT2D eigenvalue weighted by atomic mass is 32.2. The van der Waals surface area contributed by atoms with Crippen LogP contribution in [0.25, 0.3) is 10.6 Å². The highest BCUT2D eigenvalue weighted by molar-refractivity contribution is 7.98. The Kier molecular flexibility index (Phi) is 4.27. The topological polar surface area (TPSA) is 37.8 Å². The number of nitrogens with one attached hydrogen (secondary N) is 1. The van der Waals surface area contributed by atoms with Gasteiger partial charge in [0.25, 0.3) is 0 Å². The predicted octanol–water partition coefficient (Wildman–Crippen LogP) is 3.46. The molecule has 0 fully saturated rings. The van der Waals surface area contributed by atoms with Gasteiger partial charge in [-0.3, -0.25) is 0 Å². The molecule has 0 aliphatic carbocycles. The van der Waals surface area contributed by atoms with Crippen LogP contribution in [0.3, 0.4) is 0 Å². The number of thiophene rings is 1. The van der Waals surface area contributed by atoms with Crippen molar-refractivity contribution in [2.45, 2.75) is 4.90 Å². The first-order valence-electron chi connectivity index (χ1n) is 6.34. The van der Waals surface area contributed by atoms with Crippen LogP contribution in [0.1, 0.15) is 0 Å². The number of hydrogen-bond donors (Lipinski definition) is 1. The minimum Gasteiger partial charge on any atom is -0.324 e. The third-order valence-corrected chi connectivity index (χ3v) is 4.52. The highest BCUT2D eigenvalue weighted by Crippen LogP contribution is 2.24. The maximum absolute atomic E-state index is 5.77. The van der Waals surface area contributed by atoms with Crippen LogP contribution in [0.15, 0.2) is 53.6 Å². The summed E-state index contributed by atoms with van der Waals surface area (Å²) in [5, 5.41) is 3.23. The highest BCUT2D eigenvalue weighted by Gasteiger charge is 2.05. The second-order valence-corrected chi connectivity index (χ2v) is 6.32. The summed E-state index contributed by atoms with van der Waals surface area (Å²) in [5.74, 6) is 0.581. The van der Waals surface area contributed by atoms with Gasteiger partial charge in [-0.1, -0.05) is 12.1 Å². The zero-order valence-corrected chi connectivity index (χ0v) is 13.0. The molecule has 3 nitrogen and oxygen atoms in total. The van der Waals surface area contributed by atoms with Crippen LogP contribution in [0.2, 0.25) is 0 Å². The van der Waals surface area contributed by atoms with E-state index in [-0.39, 0.29) is 0 Å². The van der Waals surface area contributed by atoms with Crippen molar-refractivity contribution >= 4 is 47.4 Å². The molecule has 21 heavy (non-hydrogen) atoms. The van der Waals surface area contributed by atoms with Gasteiger partial charge in [0.1, 0.15) is 7.85 Å². The van der Waals surface area contributed by atoms with Crippen LogP contribution in [0.5, 0.6) is 0 Å². The maximum atomic E-state index is 5.77. The monoisotopic (exact) mass is 309 g/mol. The molecule has 1 N–H and O–H groups in total. The second-order valence-electron chi connectivity index (χ2n) is 4.32. The number of aromatic nitrogens is 2. The van der Waals surface area contributed by atoms with Crippen LogP contribution < -0.4 is 10.1 Å². The summed E-state index contributed by atoms with van der Waals surface area (Å²) >= 11 is 3.22. The minimum atomic E-state index is 0.581. The van der Waals surface area contributed by atoms with Crippen LogP contribution in [0, 0.1) is 0 Å². The molecule has 2 aromatic heterocycles. The lowest BCUT2D eigenvalue weighted by atomic mass is 10.1. The number of nitrogens with zero attached hydrogens (tertiary/aromatic N) is 2. The Morgan fingerprint density at radius 3 is 2.86 bits per heavy atom. The maximum Gasteiger partial charge on any atom is 0.227 e. The van der Waals surface area contributed by atoms with Crippen molar-refractivity contribution in [3.05, 3.63) is 48.7 Å². The van der Waals surface area contributed by atoms with Gasteiger partial charge in [0.05, 0.1) is 10.6 Å². The van der Waals surface area contributed by atoms with Crippen LogP contribution in [-0.4, -0.2) is 24.1 Å². The van der Waals surface area contributed by atoms with E-state index in [1.54, 1.807) is 18.0 Å². The summed E-state index contributed by atoms with van der Waals surface area (Å²) in [7, 11) is 5.77. The Labute approximate surface area is 133 Å². The summed E-state index contributed by atoms with van der Waals surface area (Å²) in [6.07, 6.45) is 3.80. The molecule has 2 radical (unpaired) electrons. The molecule has 0 aliphatic heterocycles. The molecule has 0 unspecified atom stereocenters. The molecule has 1 aromatic carbocycles. The van der Waals surface area contributed by atoms with E-state index in [1.165, 1.54) is 16.2 Å². The predicted molar refractivity (Wildman–Crippen MR) is 92.2 cm³/mol. The first kappa shape index (κ1) is 14.2. The van der Waals surface area contributed by atoms with E-state index in [1.807, 2.05) is 30.3 Å². The number of rotatable bonds is 4. The van der Waals surface area contributed by atoms with E-state index in [9.17, 15) is 0 Å². The van der Waals surface area contributed by atoms with E-state index < -0.39 is 0 Å². The van der Waals surface area contributed by atoms with Crippen molar-refractivity contribution in [2.24, 2.45) is 0 Å². The Bertz CT molecular complexity index is 758. The van der Waals surface area contributed by atoms with Crippen molar-refractivity contribution in [2.75, 3.05) is 11.6 Å². The quantitative estimate of drug-likeness (QED) is 0.591. The van der Waals surface area contributed by atoms with Gasteiger partial charge < -0.3 is 5.32 Å². The van der Waals surface area contributed by atoms with E-state index in [4.69, 9.17) is 7.85 Å². The Balaban J connectivity index is 1.86. The lowest BCUT2D eigenvalue weighted by molar-refractivity contribution is 1.17. The van der Waals surface area contributed by atoms with Crippen LogP contribution in [-0.2, 0) is 0 Å². The van der Waals surface area contributed by atoms with Gasteiger partial charge in [-0.2, -0.15) is 11.3 Å². The van der Waals surface area contributed by atoms with Crippen molar-refractivity contribution in [3.8, 4) is 10.6 Å². The summed E-state index contributed by atoms with van der Waals surface area (Å²) < 4.78 is 0.783. The average molecular weight is 309 g/mol. The average Bonchev–Trinajstić information content (AvgIpc) is 2.94. The molecule has 0 bridgehead atoms. The van der Waals surface area contributed by atoms with Crippen LogP contribution >= 0.6 is 23.1 Å². The molecule has 0 saturated carbocycles. The van der Waals surface area contributed by atoms with Gasteiger partial charge in [0.2, 0.25) is 5.95 Å². The van der Waals surface area contributed by atoms with Crippen LogP contribution in [0.4, 0.5) is 11.6 Å². The standard InChI is InChI=1S/C15H12BN3S2/c1-20-11-4-2-3-10(9-11)18-15-17-8-7-12(19-15)13-5-6-14(16)21-13/h2-9H,1H3,(H,17,18,19). The molecule has 2 heterocycles. The van der Waals surface area contributed by atoms with Gasteiger partial charge >= 0.3 is 0 Å². The summed E-state index contributed by atoms with van der Waals surface area (Å²) in [6, 6.07) is 13.9. The zero-order valence-electron chi connectivity index (χ0n) is 11.4. The molecular formula is C15H12BN3S2. The molecule has 102 valence electrons. The lowest BCUT2D eigenvalue weighted by Crippen LogP contribution is -1.97. The lowest BCUT2D eigenvalue weighted by Gasteiger charge is -2.07. The molecule has 0 spiro atoms. The molecule has 0 amide bonds. The smallest absolute Gasteiger partial charge is 0.227 e. The van der Waals surface area contributed by atoms with Gasteiger partial charge in [0, 0.05) is 16.8 Å². The molecule has 0 atom stereocenters. The SMILES string of the molecule is [B]c1ccc(-c2ccnc(Nc3cccc(SC)c3)n2)s1. The van der Waals surface area contributed by atoms with E-state index in [2.05, 4.69) is 33.7 Å². The fourth-order valence-corrected chi connectivity index (χ4v) is 3.08. The summed E-state index contributed by atoms with van der Waals surface area (Å²) in [5.41, 5.74) is 1.85. The Morgan fingerprint density at radius 2 is 2.10 bits per heavy atom. The van der Waals surface area contributed by atoms with E-state index in [0.717, 1.165) is 21.0 Å². The Morgan fingerprint density at radius 1 is 1.19 bits per heavy atom.